The molecule has 98 valence electrons. The molecule has 0 aliphatic carbocycles. The van der Waals surface area contributed by atoms with Crippen LogP contribution in [0.25, 0.3) is 0 Å². The molecule has 0 radical (unpaired) electrons. The quantitative estimate of drug-likeness (QED) is 0.895. The summed E-state index contributed by atoms with van der Waals surface area (Å²) >= 11 is 5.89. The summed E-state index contributed by atoms with van der Waals surface area (Å²) in [5.74, 6) is 1.45. The molecule has 1 aromatic heterocycles. The zero-order valence-corrected chi connectivity index (χ0v) is 11.4. The Morgan fingerprint density at radius 1 is 1.61 bits per heavy atom. The standard InChI is InChI=1S/C13H18ClN3O/c1-8(2)9-3-4-17(7-9)13(18)10-5-11(14)12(15)16-6-10/h5-6,8-9H,3-4,7H2,1-2H3,(H2,15,16). The molecule has 0 bridgehead atoms. The molecular weight excluding hydrogens is 250 g/mol. The maximum absolute atomic E-state index is 12.3. The van der Waals surface area contributed by atoms with E-state index in [1.807, 2.05) is 4.90 Å². The fourth-order valence-electron chi connectivity index (χ4n) is 2.26. The van der Waals surface area contributed by atoms with E-state index >= 15 is 0 Å². The topological polar surface area (TPSA) is 59.2 Å². The Hall–Kier alpha value is -1.29. The molecule has 2 N–H and O–H groups in total. The molecule has 18 heavy (non-hydrogen) atoms. The van der Waals surface area contributed by atoms with Crippen molar-refractivity contribution < 1.29 is 4.79 Å². The van der Waals surface area contributed by atoms with Gasteiger partial charge >= 0.3 is 0 Å². The third-order valence-corrected chi connectivity index (χ3v) is 3.87. The molecule has 4 nitrogen and oxygen atoms in total. The van der Waals surface area contributed by atoms with Crippen LogP contribution in [0.2, 0.25) is 5.02 Å². The van der Waals surface area contributed by atoms with E-state index in [0.29, 0.717) is 22.4 Å². The second-order valence-electron chi connectivity index (χ2n) is 5.13. The van der Waals surface area contributed by atoms with Crippen molar-refractivity contribution in [2.24, 2.45) is 11.8 Å². The number of carbonyl (C=O) groups excluding carboxylic acids is 1. The van der Waals surface area contributed by atoms with Crippen LogP contribution in [-0.2, 0) is 0 Å². The second kappa shape index (κ2) is 5.14. The highest BCUT2D eigenvalue weighted by atomic mass is 35.5. The Bertz CT molecular complexity index is 462. The van der Waals surface area contributed by atoms with Gasteiger partial charge in [0.25, 0.3) is 5.91 Å². The minimum absolute atomic E-state index is 0.00690. The Kier molecular flexibility index (Phi) is 3.76. The number of anilines is 1. The number of amides is 1. The fraction of sp³-hybridized carbons (Fsp3) is 0.538. The first-order valence-corrected chi connectivity index (χ1v) is 6.57. The van der Waals surface area contributed by atoms with Crippen LogP contribution in [0.3, 0.4) is 0 Å². The van der Waals surface area contributed by atoms with E-state index in [9.17, 15) is 4.79 Å². The molecule has 1 amide bonds. The number of nitrogens with two attached hydrogens (primary N) is 1. The lowest BCUT2D eigenvalue weighted by Crippen LogP contribution is -2.29. The number of hydrogen-bond acceptors (Lipinski definition) is 3. The van der Waals surface area contributed by atoms with E-state index in [1.54, 1.807) is 6.07 Å². The highest BCUT2D eigenvalue weighted by Crippen LogP contribution is 2.25. The fourth-order valence-corrected chi connectivity index (χ4v) is 2.43. The van der Waals surface area contributed by atoms with Crippen LogP contribution in [0.5, 0.6) is 0 Å². The Balaban J connectivity index is 2.10. The number of aromatic nitrogens is 1. The summed E-state index contributed by atoms with van der Waals surface area (Å²) in [6.07, 6.45) is 2.56. The molecule has 0 saturated carbocycles. The van der Waals surface area contributed by atoms with E-state index in [2.05, 4.69) is 18.8 Å². The van der Waals surface area contributed by atoms with Gasteiger partial charge in [-0.3, -0.25) is 4.79 Å². The molecule has 1 aromatic rings. The smallest absolute Gasteiger partial charge is 0.255 e. The minimum atomic E-state index is -0.00690. The van der Waals surface area contributed by atoms with Crippen molar-refractivity contribution in [3.8, 4) is 0 Å². The molecular formula is C13H18ClN3O. The molecule has 5 heteroatoms. The van der Waals surface area contributed by atoms with Crippen molar-refractivity contribution in [3.05, 3.63) is 22.8 Å². The Labute approximate surface area is 112 Å². The van der Waals surface area contributed by atoms with Gasteiger partial charge in [0.2, 0.25) is 0 Å². The van der Waals surface area contributed by atoms with Gasteiger partial charge in [-0.2, -0.15) is 0 Å². The van der Waals surface area contributed by atoms with Crippen LogP contribution in [-0.4, -0.2) is 28.9 Å². The first-order valence-electron chi connectivity index (χ1n) is 6.19. The van der Waals surface area contributed by atoms with Crippen LogP contribution >= 0.6 is 11.6 Å². The number of halogens is 1. The zero-order chi connectivity index (χ0) is 13.3. The monoisotopic (exact) mass is 267 g/mol. The summed E-state index contributed by atoms with van der Waals surface area (Å²) in [5.41, 5.74) is 6.05. The normalized spacial score (nSPS) is 19.6. The maximum Gasteiger partial charge on any atom is 0.255 e. The number of hydrogen-bond donors (Lipinski definition) is 1. The van der Waals surface area contributed by atoms with Gasteiger partial charge < -0.3 is 10.6 Å². The zero-order valence-electron chi connectivity index (χ0n) is 10.7. The number of likely N-dealkylation sites (tertiary alicyclic amines) is 1. The molecule has 0 spiro atoms. The van der Waals surface area contributed by atoms with Gasteiger partial charge in [0.05, 0.1) is 10.6 Å². The first-order chi connectivity index (χ1) is 8.49. The molecule has 1 saturated heterocycles. The summed E-state index contributed by atoms with van der Waals surface area (Å²) in [6.45, 7) is 6.02. The van der Waals surface area contributed by atoms with E-state index < -0.39 is 0 Å². The van der Waals surface area contributed by atoms with Crippen molar-refractivity contribution in [1.82, 2.24) is 9.88 Å². The van der Waals surface area contributed by atoms with Crippen LogP contribution in [0.15, 0.2) is 12.3 Å². The average molecular weight is 268 g/mol. The van der Waals surface area contributed by atoms with Crippen LogP contribution in [0.4, 0.5) is 5.82 Å². The highest BCUT2D eigenvalue weighted by Gasteiger charge is 2.28. The SMILES string of the molecule is CC(C)C1CCN(C(=O)c2cnc(N)c(Cl)c2)C1. The van der Waals surface area contributed by atoms with E-state index in [4.69, 9.17) is 17.3 Å². The third kappa shape index (κ3) is 2.58. The van der Waals surface area contributed by atoms with Gasteiger partial charge in [-0.15, -0.1) is 0 Å². The highest BCUT2D eigenvalue weighted by molar-refractivity contribution is 6.33. The summed E-state index contributed by atoms with van der Waals surface area (Å²) in [5, 5.41) is 0.334. The Morgan fingerprint density at radius 2 is 2.33 bits per heavy atom. The molecule has 2 rings (SSSR count). The van der Waals surface area contributed by atoms with Crippen molar-refractivity contribution in [1.29, 1.82) is 0 Å². The molecule has 1 unspecified atom stereocenters. The molecule has 1 aliphatic heterocycles. The minimum Gasteiger partial charge on any atom is -0.382 e. The predicted molar refractivity (Wildman–Crippen MR) is 72.5 cm³/mol. The van der Waals surface area contributed by atoms with Gasteiger partial charge in [-0.1, -0.05) is 25.4 Å². The number of nitrogens with zero attached hydrogens (tertiary/aromatic N) is 2. The van der Waals surface area contributed by atoms with Crippen LogP contribution in [0.1, 0.15) is 30.6 Å². The van der Waals surface area contributed by atoms with Gasteiger partial charge in [-0.25, -0.2) is 4.98 Å². The molecule has 1 fully saturated rings. The number of carbonyl (C=O) groups is 1. The van der Waals surface area contributed by atoms with E-state index in [-0.39, 0.29) is 11.7 Å². The average Bonchev–Trinajstić information content (AvgIpc) is 2.81. The van der Waals surface area contributed by atoms with Gasteiger partial charge in [0, 0.05) is 19.3 Å². The second-order valence-corrected chi connectivity index (χ2v) is 5.54. The molecule has 1 atom stereocenters. The third-order valence-electron chi connectivity index (χ3n) is 3.57. The largest absolute Gasteiger partial charge is 0.382 e. The maximum atomic E-state index is 12.3. The first kappa shape index (κ1) is 13.1. The van der Waals surface area contributed by atoms with Gasteiger partial charge in [0.1, 0.15) is 5.82 Å². The summed E-state index contributed by atoms with van der Waals surface area (Å²) < 4.78 is 0. The predicted octanol–water partition coefficient (Wildman–Crippen LogP) is 2.44. The lowest BCUT2D eigenvalue weighted by Gasteiger charge is -2.18. The van der Waals surface area contributed by atoms with Crippen LogP contribution in [0, 0.1) is 11.8 Å². The lowest BCUT2D eigenvalue weighted by atomic mass is 9.95. The van der Waals surface area contributed by atoms with Crippen molar-refractivity contribution in [2.45, 2.75) is 20.3 Å². The van der Waals surface area contributed by atoms with Gasteiger partial charge in [-0.05, 0) is 24.3 Å². The van der Waals surface area contributed by atoms with E-state index in [1.165, 1.54) is 6.20 Å². The Morgan fingerprint density at radius 3 is 2.89 bits per heavy atom. The van der Waals surface area contributed by atoms with Crippen molar-refractivity contribution >= 4 is 23.3 Å². The lowest BCUT2D eigenvalue weighted by molar-refractivity contribution is 0.0783. The summed E-state index contributed by atoms with van der Waals surface area (Å²) in [4.78, 5) is 18.1. The van der Waals surface area contributed by atoms with Crippen molar-refractivity contribution in [2.75, 3.05) is 18.8 Å². The summed E-state index contributed by atoms with van der Waals surface area (Å²) in [7, 11) is 0. The number of nitrogen functional groups attached to an aromatic ring is 1. The summed E-state index contributed by atoms with van der Waals surface area (Å²) in [6, 6.07) is 1.59. The molecule has 0 aromatic carbocycles. The number of rotatable bonds is 2. The van der Waals surface area contributed by atoms with Crippen LogP contribution < -0.4 is 5.73 Å². The molecule has 1 aliphatic rings. The van der Waals surface area contributed by atoms with Crippen molar-refractivity contribution in [3.63, 3.8) is 0 Å². The molecule has 2 heterocycles. The van der Waals surface area contributed by atoms with Gasteiger partial charge in [0.15, 0.2) is 0 Å². The number of pyridine rings is 1. The van der Waals surface area contributed by atoms with E-state index in [0.717, 1.165) is 19.5 Å².